The first kappa shape index (κ1) is 10.7. The van der Waals surface area contributed by atoms with Crippen molar-refractivity contribution in [2.45, 2.75) is 19.8 Å². The molecule has 0 aromatic carbocycles. The minimum atomic E-state index is 0.754. The first-order valence-electron chi connectivity index (χ1n) is 5.53. The van der Waals surface area contributed by atoms with Crippen molar-refractivity contribution >= 4 is 17.4 Å². The van der Waals surface area contributed by atoms with Gasteiger partial charge in [0, 0.05) is 25.2 Å². The highest BCUT2D eigenvalue weighted by molar-refractivity contribution is 6.17. The van der Waals surface area contributed by atoms with E-state index in [1.54, 1.807) is 0 Å². The molecule has 0 amide bonds. The summed E-state index contributed by atoms with van der Waals surface area (Å²) in [4.78, 5) is 6.77. The molecule has 1 atom stereocenters. The van der Waals surface area contributed by atoms with E-state index < -0.39 is 0 Å². The second kappa shape index (κ2) is 4.84. The summed E-state index contributed by atoms with van der Waals surface area (Å²) in [5.74, 6) is 2.65. The van der Waals surface area contributed by atoms with E-state index in [9.17, 15) is 0 Å². The predicted molar refractivity (Wildman–Crippen MR) is 64.6 cm³/mol. The Hall–Kier alpha value is -0.760. The van der Waals surface area contributed by atoms with E-state index in [2.05, 4.69) is 22.9 Å². The summed E-state index contributed by atoms with van der Waals surface area (Å²) in [7, 11) is 0. The van der Waals surface area contributed by atoms with Crippen LogP contribution < -0.4 is 4.90 Å². The maximum atomic E-state index is 5.77. The Labute approximate surface area is 96.3 Å². The van der Waals surface area contributed by atoms with Crippen LogP contribution in [0.5, 0.6) is 0 Å². The van der Waals surface area contributed by atoms with Crippen LogP contribution in [0, 0.1) is 12.8 Å². The quantitative estimate of drug-likeness (QED) is 0.734. The Kier molecular flexibility index (Phi) is 3.47. The monoisotopic (exact) mass is 224 g/mol. The Bertz CT molecular complexity index is 327. The van der Waals surface area contributed by atoms with Crippen LogP contribution in [0.3, 0.4) is 0 Å². The number of hydrogen-bond acceptors (Lipinski definition) is 2. The molecule has 1 aliphatic rings. The molecule has 0 radical (unpaired) electrons. The highest BCUT2D eigenvalue weighted by Gasteiger charge is 2.22. The van der Waals surface area contributed by atoms with E-state index in [1.165, 1.54) is 12.0 Å². The minimum Gasteiger partial charge on any atom is -0.356 e. The van der Waals surface area contributed by atoms with Gasteiger partial charge in [0.2, 0.25) is 0 Å². The van der Waals surface area contributed by atoms with Gasteiger partial charge in [0.1, 0.15) is 5.82 Å². The van der Waals surface area contributed by atoms with Gasteiger partial charge in [0.05, 0.1) is 0 Å². The fraction of sp³-hybridized carbons (Fsp3) is 0.583. The third kappa shape index (κ3) is 2.63. The molecule has 0 spiro atoms. The van der Waals surface area contributed by atoms with Crippen molar-refractivity contribution in [3.8, 4) is 0 Å². The highest BCUT2D eigenvalue weighted by Crippen LogP contribution is 2.24. The molecule has 1 aliphatic heterocycles. The number of rotatable bonds is 3. The van der Waals surface area contributed by atoms with E-state index in [0.29, 0.717) is 0 Å². The van der Waals surface area contributed by atoms with Gasteiger partial charge in [-0.05, 0) is 43.4 Å². The number of aromatic nitrogens is 1. The summed E-state index contributed by atoms with van der Waals surface area (Å²) in [6, 6.07) is 4.19. The molecule has 82 valence electrons. The molecule has 1 fully saturated rings. The zero-order valence-corrected chi connectivity index (χ0v) is 9.87. The third-order valence-electron chi connectivity index (χ3n) is 3.03. The Morgan fingerprint density at radius 2 is 2.47 bits per heavy atom. The van der Waals surface area contributed by atoms with Crippen molar-refractivity contribution in [1.82, 2.24) is 4.98 Å². The lowest BCUT2D eigenvalue weighted by Gasteiger charge is -2.17. The summed E-state index contributed by atoms with van der Waals surface area (Å²) in [6.45, 7) is 4.35. The molecule has 1 unspecified atom stereocenters. The van der Waals surface area contributed by atoms with E-state index in [1.807, 2.05) is 12.3 Å². The van der Waals surface area contributed by atoms with Crippen molar-refractivity contribution in [1.29, 1.82) is 0 Å². The lowest BCUT2D eigenvalue weighted by molar-refractivity contribution is 0.572. The summed E-state index contributed by atoms with van der Waals surface area (Å²) >= 11 is 5.77. The van der Waals surface area contributed by atoms with Gasteiger partial charge in [-0.2, -0.15) is 0 Å². The molecule has 0 N–H and O–H groups in total. The number of pyridine rings is 1. The largest absolute Gasteiger partial charge is 0.356 e. The third-order valence-corrected chi connectivity index (χ3v) is 3.25. The molecule has 3 heteroatoms. The molecular formula is C12H17ClN2. The summed E-state index contributed by atoms with van der Waals surface area (Å²) in [6.07, 6.45) is 4.27. The normalized spacial score (nSPS) is 20.9. The minimum absolute atomic E-state index is 0.754. The van der Waals surface area contributed by atoms with Crippen LogP contribution in [0.15, 0.2) is 18.3 Å². The molecule has 0 bridgehead atoms. The van der Waals surface area contributed by atoms with Gasteiger partial charge in [0.25, 0.3) is 0 Å². The maximum Gasteiger partial charge on any atom is 0.128 e. The SMILES string of the molecule is Cc1ccnc(N2CCC(CCCl)C2)c1. The van der Waals surface area contributed by atoms with Gasteiger partial charge >= 0.3 is 0 Å². The van der Waals surface area contributed by atoms with E-state index in [0.717, 1.165) is 37.1 Å². The van der Waals surface area contributed by atoms with Crippen molar-refractivity contribution in [2.75, 3.05) is 23.9 Å². The number of hydrogen-bond donors (Lipinski definition) is 0. The van der Waals surface area contributed by atoms with Crippen LogP contribution in [0.25, 0.3) is 0 Å². The molecule has 15 heavy (non-hydrogen) atoms. The lowest BCUT2D eigenvalue weighted by atomic mass is 10.1. The van der Waals surface area contributed by atoms with Gasteiger partial charge in [-0.1, -0.05) is 0 Å². The van der Waals surface area contributed by atoms with E-state index >= 15 is 0 Å². The van der Waals surface area contributed by atoms with E-state index in [-0.39, 0.29) is 0 Å². The maximum absolute atomic E-state index is 5.77. The Balaban J connectivity index is 2.01. The molecule has 1 aromatic heterocycles. The second-order valence-corrected chi connectivity index (χ2v) is 4.65. The fourth-order valence-electron chi connectivity index (χ4n) is 2.12. The van der Waals surface area contributed by atoms with Gasteiger partial charge < -0.3 is 4.90 Å². The zero-order chi connectivity index (χ0) is 10.7. The molecule has 1 saturated heterocycles. The molecule has 2 nitrogen and oxygen atoms in total. The Morgan fingerprint density at radius 3 is 3.20 bits per heavy atom. The number of halogens is 1. The van der Waals surface area contributed by atoms with Crippen LogP contribution in [0.2, 0.25) is 0 Å². The summed E-state index contributed by atoms with van der Waals surface area (Å²) in [5.41, 5.74) is 1.28. The molecule has 0 aliphatic carbocycles. The van der Waals surface area contributed by atoms with Gasteiger partial charge in [-0.25, -0.2) is 4.98 Å². The standard InChI is InChI=1S/C12H17ClN2/c1-10-3-6-14-12(8-10)15-7-4-11(9-15)2-5-13/h3,6,8,11H,2,4-5,7,9H2,1H3. The first-order valence-corrected chi connectivity index (χ1v) is 6.06. The lowest BCUT2D eigenvalue weighted by Crippen LogP contribution is -2.20. The predicted octanol–water partition coefficient (Wildman–Crippen LogP) is 2.85. The molecule has 2 heterocycles. The molecular weight excluding hydrogens is 208 g/mol. The average Bonchev–Trinajstić information content (AvgIpc) is 2.67. The number of nitrogens with zero attached hydrogens (tertiary/aromatic N) is 2. The Morgan fingerprint density at radius 1 is 1.60 bits per heavy atom. The summed E-state index contributed by atoms with van der Waals surface area (Å²) in [5, 5.41) is 0. The van der Waals surface area contributed by atoms with Crippen molar-refractivity contribution in [2.24, 2.45) is 5.92 Å². The average molecular weight is 225 g/mol. The van der Waals surface area contributed by atoms with Crippen LogP contribution in [-0.4, -0.2) is 24.0 Å². The molecule has 1 aromatic rings. The van der Waals surface area contributed by atoms with Gasteiger partial charge in [-0.15, -0.1) is 11.6 Å². The van der Waals surface area contributed by atoms with E-state index in [4.69, 9.17) is 11.6 Å². The number of alkyl halides is 1. The summed E-state index contributed by atoms with van der Waals surface area (Å²) < 4.78 is 0. The van der Waals surface area contributed by atoms with Crippen molar-refractivity contribution in [3.63, 3.8) is 0 Å². The van der Waals surface area contributed by atoms with Crippen molar-refractivity contribution < 1.29 is 0 Å². The van der Waals surface area contributed by atoms with Gasteiger partial charge in [0.15, 0.2) is 0 Å². The number of aryl methyl sites for hydroxylation is 1. The molecule has 0 saturated carbocycles. The van der Waals surface area contributed by atoms with Gasteiger partial charge in [-0.3, -0.25) is 0 Å². The topological polar surface area (TPSA) is 16.1 Å². The number of anilines is 1. The fourth-order valence-corrected chi connectivity index (χ4v) is 2.43. The van der Waals surface area contributed by atoms with Crippen molar-refractivity contribution in [3.05, 3.63) is 23.9 Å². The van der Waals surface area contributed by atoms with Crippen LogP contribution in [0.4, 0.5) is 5.82 Å². The van der Waals surface area contributed by atoms with Crippen LogP contribution in [0.1, 0.15) is 18.4 Å². The molecule has 2 rings (SSSR count). The smallest absolute Gasteiger partial charge is 0.128 e. The van der Waals surface area contributed by atoms with Crippen LogP contribution >= 0.6 is 11.6 Å². The van der Waals surface area contributed by atoms with Crippen LogP contribution in [-0.2, 0) is 0 Å². The zero-order valence-electron chi connectivity index (χ0n) is 9.12. The highest BCUT2D eigenvalue weighted by atomic mass is 35.5. The second-order valence-electron chi connectivity index (χ2n) is 4.27. The first-order chi connectivity index (χ1) is 7.29.